The molecule has 1 aromatic carbocycles. The van der Waals surface area contributed by atoms with Gasteiger partial charge in [-0.3, -0.25) is 9.69 Å². The van der Waals surface area contributed by atoms with Crippen molar-refractivity contribution in [3.8, 4) is 5.75 Å². The van der Waals surface area contributed by atoms with Crippen LogP contribution in [0.2, 0.25) is 0 Å². The van der Waals surface area contributed by atoms with E-state index in [-0.39, 0.29) is 11.7 Å². The fraction of sp³-hybridized carbons (Fsp3) is 0.650. The maximum atomic E-state index is 12.7. The van der Waals surface area contributed by atoms with Crippen LogP contribution in [-0.4, -0.2) is 52.5 Å². The minimum Gasteiger partial charge on any atom is -0.507 e. The Bertz CT molecular complexity index is 551. The molecule has 1 aromatic rings. The van der Waals surface area contributed by atoms with E-state index >= 15 is 0 Å². The number of phenolic OH excluding ortho intramolecular Hbond substituents is 1. The summed E-state index contributed by atoms with van der Waals surface area (Å²) < 4.78 is 0. The van der Waals surface area contributed by atoms with Crippen LogP contribution in [-0.2, 0) is 0 Å². The Kier molecular flexibility index (Phi) is 6.67. The lowest BCUT2D eigenvalue weighted by Crippen LogP contribution is -2.49. The zero-order valence-electron chi connectivity index (χ0n) is 15.6. The van der Waals surface area contributed by atoms with Crippen molar-refractivity contribution < 1.29 is 9.90 Å². The molecule has 1 fully saturated rings. The van der Waals surface area contributed by atoms with Gasteiger partial charge in [0.15, 0.2) is 0 Å². The van der Waals surface area contributed by atoms with Gasteiger partial charge in [0.1, 0.15) is 5.75 Å². The molecule has 1 atom stereocenters. The van der Waals surface area contributed by atoms with E-state index < -0.39 is 0 Å². The van der Waals surface area contributed by atoms with Gasteiger partial charge in [0, 0.05) is 25.2 Å². The summed E-state index contributed by atoms with van der Waals surface area (Å²) in [6.45, 7) is 11.4. The van der Waals surface area contributed by atoms with Crippen molar-refractivity contribution >= 4 is 5.91 Å². The van der Waals surface area contributed by atoms with Crippen LogP contribution in [0.5, 0.6) is 5.75 Å². The van der Waals surface area contributed by atoms with Crippen molar-refractivity contribution in [2.24, 2.45) is 0 Å². The molecule has 0 bridgehead atoms. The van der Waals surface area contributed by atoms with Crippen molar-refractivity contribution in [2.45, 2.75) is 65.5 Å². The van der Waals surface area contributed by atoms with E-state index in [0.29, 0.717) is 17.6 Å². The van der Waals surface area contributed by atoms with Gasteiger partial charge in [-0.05, 0) is 63.8 Å². The van der Waals surface area contributed by atoms with Gasteiger partial charge in [0.05, 0.1) is 5.56 Å². The van der Waals surface area contributed by atoms with Crippen molar-refractivity contribution in [1.82, 2.24) is 9.80 Å². The molecule has 1 heterocycles. The van der Waals surface area contributed by atoms with Crippen LogP contribution in [0, 0.1) is 6.92 Å². The third-order valence-corrected chi connectivity index (χ3v) is 5.24. The smallest absolute Gasteiger partial charge is 0.257 e. The van der Waals surface area contributed by atoms with Crippen LogP contribution in [0.3, 0.4) is 0 Å². The summed E-state index contributed by atoms with van der Waals surface area (Å²) in [6, 6.07) is 6.44. The normalized spacial score (nSPS) is 17.3. The number of amides is 1. The lowest BCUT2D eigenvalue weighted by atomic mass is 9.99. The van der Waals surface area contributed by atoms with Gasteiger partial charge in [-0.15, -0.1) is 0 Å². The molecule has 1 amide bonds. The predicted molar refractivity (Wildman–Crippen MR) is 98.5 cm³/mol. The largest absolute Gasteiger partial charge is 0.507 e. The number of piperidine rings is 1. The number of aromatic hydroxyl groups is 1. The highest BCUT2D eigenvalue weighted by atomic mass is 16.3. The Morgan fingerprint density at radius 1 is 1.33 bits per heavy atom. The van der Waals surface area contributed by atoms with Gasteiger partial charge in [0.2, 0.25) is 0 Å². The maximum absolute atomic E-state index is 12.7. The monoisotopic (exact) mass is 332 g/mol. The van der Waals surface area contributed by atoms with Gasteiger partial charge >= 0.3 is 0 Å². The van der Waals surface area contributed by atoms with E-state index in [0.717, 1.165) is 44.5 Å². The summed E-state index contributed by atoms with van der Waals surface area (Å²) in [6.07, 6.45) is 4.36. The Labute approximate surface area is 146 Å². The molecule has 4 nitrogen and oxygen atoms in total. The zero-order valence-corrected chi connectivity index (χ0v) is 15.6. The molecular weight excluding hydrogens is 300 g/mol. The number of nitrogens with zero attached hydrogens (tertiary/aromatic N) is 2. The van der Waals surface area contributed by atoms with Gasteiger partial charge in [-0.25, -0.2) is 0 Å². The molecule has 0 aromatic heterocycles. The number of likely N-dealkylation sites (tertiary alicyclic amines) is 1. The summed E-state index contributed by atoms with van der Waals surface area (Å²) >= 11 is 0. The average molecular weight is 332 g/mol. The number of rotatable bonds is 6. The fourth-order valence-corrected chi connectivity index (χ4v) is 3.65. The molecule has 4 heteroatoms. The standard InChI is InChI=1S/C20H32N2O2/c1-5-11-22(16(4)6-2)17-9-12-21(13-10-17)20(24)18-8-7-15(3)14-19(18)23/h7-8,14,16-17,23H,5-6,9-13H2,1-4H3. The molecule has 24 heavy (non-hydrogen) atoms. The van der Waals surface area contributed by atoms with Gasteiger partial charge in [0.25, 0.3) is 5.91 Å². The predicted octanol–water partition coefficient (Wildman–Crippen LogP) is 3.82. The van der Waals surface area contributed by atoms with Crippen molar-refractivity contribution in [1.29, 1.82) is 0 Å². The minimum absolute atomic E-state index is 0.0449. The van der Waals surface area contributed by atoms with Gasteiger partial charge in [-0.2, -0.15) is 0 Å². The average Bonchev–Trinajstić information content (AvgIpc) is 2.58. The minimum atomic E-state index is -0.0449. The van der Waals surface area contributed by atoms with Gasteiger partial charge < -0.3 is 10.0 Å². The number of aryl methyl sites for hydroxylation is 1. The van der Waals surface area contributed by atoms with Crippen LogP contribution in [0.15, 0.2) is 18.2 Å². The second kappa shape index (κ2) is 8.52. The summed E-state index contributed by atoms with van der Waals surface area (Å²) in [4.78, 5) is 17.2. The molecule has 1 aliphatic heterocycles. The SMILES string of the molecule is CCCN(C(C)CC)C1CCN(C(=O)c2ccc(C)cc2O)CC1. The Morgan fingerprint density at radius 3 is 2.54 bits per heavy atom. The highest BCUT2D eigenvalue weighted by Gasteiger charge is 2.29. The van der Waals surface area contributed by atoms with Crippen LogP contribution < -0.4 is 0 Å². The van der Waals surface area contributed by atoms with Crippen molar-refractivity contribution in [2.75, 3.05) is 19.6 Å². The number of hydrogen-bond acceptors (Lipinski definition) is 3. The first-order chi connectivity index (χ1) is 11.5. The molecule has 2 rings (SSSR count). The van der Waals surface area contributed by atoms with Gasteiger partial charge in [-0.1, -0.05) is 19.9 Å². The molecule has 1 aliphatic rings. The molecule has 0 saturated carbocycles. The lowest BCUT2D eigenvalue weighted by molar-refractivity contribution is 0.0543. The Hall–Kier alpha value is -1.55. The van der Waals surface area contributed by atoms with Crippen LogP contribution in [0.1, 0.15) is 62.4 Å². The first-order valence-corrected chi connectivity index (χ1v) is 9.32. The molecule has 0 radical (unpaired) electrons. The van der Waals surface area contributed by atoms with Crippen LogP contribution in [0.25, 0.3) is 0 Å². The summed E-state index contributed by atoms with van der Waals surface area (Å²) in [7, 11) is 0. The van der Waals surface area contributed by atoms with E-state index in [4.69, 9.17) is 0 Å². The number of carbonyl (C=O) groups excluding carboxylic acids is 1. The first kappa shape index (κ1) is 18.8. The van der Waals surface area contributed by atoms with Crippen LogP contribution >= 0.6 is 0 Å². The van der Waals surface area contributed by atoms with Crippen molar-refractivity contribution in [3.63, 3.8) is 0 Å². The van der Waals surface area contributed by atoms with E-state index in [1.807, 2.05) is 17.9 Å². The highest BCUT2D eigenvalue weighted by molar-refractivity contribution is 5.97. The first-order valence-electron chi connectivity index (χ1n) is 9.32. The van der Waals surface area contributed by atoms with E-state index in [1.165, 1.54) is 6.42 Å². The third kappa shape index (κ3) is 4.29. The van der Waals surface area contributed by atoms with Crippen molar-refractivity contribution in [3.05, 3.63) is 29.3 Å². The highest BCUT2D eigenvalue weighted by Crippen LogP contribution is 2.25. The molecule has 0 aliphatic carbocycles. The second-order valence-corrected chi connectivity index (χ2v) is 7.04. The third-order valence-electron chi connectivity index (χ3n) is 5.24. The van der Waals surface area contributed by atoms with E-state index in [2.05, 4.69) is 25.7 Å². The summed E-state index contributed by atoms with van der Waals surface area (Å²) in [5.41, 5.74) is 1.39. The topological polar surface area (TPSA) is 43.8 Å². The number of phenols is 1. The second-order valence-electron chi connectivity index (χ2n) is 7.04. The molecule has 1 N–H and O–H groups in total. The maximum Gasteiger partial charge on any atom is 0.257 e. The Balaban J connectivity index is 1.99. The number of hydrogen-bond donors (Lipinski definition) is 1. The number of benzene rings is 1. The quantitative estimate of drug-likeness (QED) is 0.861. The van der Waals surface area contributed by atoms with E-state index in [9.17, 15) is 9.90 Å². The lowest BCUT2D eigenvalue weighted by Gasteiger charge is -2.41. The molecule has 0 spiro atoms. The molecule has 1 saturated heterocycles. The fourth-order valence-electron chi connectivity index (χ4n) is 3.65. The molecule has 134 valence electrons. The zero-order chi connectivity index (χ0) is 17.7. The molecular formula is C20H32N2O2. The summed E-state index contributed by atoms with van der Waals surface area (Å²) in [5.74, 6) is 0.0471. The Morgan fingerprint density at radius 2 is 2.00 bits per heavy atom. The van der Waals surface area contributed by atoms with Crippen LogP contribution in [0.4, 0.5) is 0 Å². The molecule has 1 unspecified atom stereocenters. The summed E-state index contributed by atoms with van der Waals surface area (Å²) in [5, 5.41) is 10.1. The number of carbonyl (C=O) groups is 1. The van der Waals surface area contributed by atoms with E-state index in [1.54, 1.807) is 12.1 Å².